The lowest BCUT2D eigenvalue weighted by atomic mass is 9.88. The Balaban J connectivity index is 2.15. The van der Waals surface area contributed by atoms with Gasteiger partial charge in [-0.3, -0.25) is 9.69 Å². The third-order valence-corrected chi connectivity index (χ3v) is 5.36. The van der Waals surface area contributed by atoms with Gasteiger partial charge in [0.05, 0.1) is 10.7 Å². The Hall–Kier alpha value is -0.940. The molecule has 1 atom stereocenters. The molecule has 0 aromatic carbocycles. The number of piperidine rings is 1. The molecular weight excluding hydrogens is 272 g/mol. The van der Waals surface area contributed by atoms with Crippen molar-refractivity contribution in [2.75, 3.05) is 6.54 Å². The molecule has 1 saturated heterocycles. The minimum Gasteiger partial charge on any atom is -0.480 e. The molecule has 5 heteroatoms. The Kier molecular flexibility index (Phi) is 4.21. The predicted octanol–water partition coefficient (Wildman–Crippen LogP) is 3.27. The number of aromatic nitrogens is 1. The molecule has 1 fully saturated rings. The monoisotopic (exact) mass is 296 g/mol. The van der Waals surface area contributed by atoms with Gasteiger partial charge in [-0.05, 0) is 32.7 Å². The SMILES string of the molecule is CC(C)(C)c1nc(CN2CCCCC2(C)C(=O)O)cs1. The second-order valence-corrected chi connectivity index (χ2v) is 7.71. The lowest BCUT2D eigenvalue weighted by molar-refractivity contribution is -0.153. The largest absolute Gasteiger partial charge is 0.480 e. The van der Waals surface area contributed by atoms with Crippen molar-refractivity contribution in [2.24, 2.45) is 0 Å². The van der Waals surface area contributed by atoms with E-state index in [4.69, 9.17) is 0 Å². The summed E-state index contributed by atoms with van der Waals surface area (Å²) in [7, 11) is 0. The molecule has 0 aliphatic carbocycles. The fourth-order valence-electron chi connectivity index (χ4n) is 2.59. The summed E-state index contributed by atoms with van der Waals surface area (Å²) in [4.78, 5) is 18.3. The summed E-state index contributed by atoms with van der Waals surface area (Å²) in [5, 5.41) is 12.7. The molecule has 0 spiro atoms. The standard InChI is InChI=1S/C15H24N2O2S/c1-14(2,3)12-16-11(10-20-12)9-17-8-6-5-7-15(17,4)13(18)19/h10H,5-9H2,1-4H3,(H,18,19). The van der Waals surface area contributed by atoms with E-state index in [1.807, 2.05) is 6.92 Å². The van der Waals surface area contributed by atoms with Crippen LogP contribution in [0.2, 0.25) is 0 Å². The summed E-state index contributed by atoms with van der Waals surface area (Å²) >= 11 is 1.67. The van der Waals surface area contributed by atoms with E-state index in [-0.39, 0.29) is 5.41 Å². The molecule has 1 aliphatic heterocycles. The Labute approximate surface area is 124 Å². The van der Waals surface area contributed by atoms with Crippen LogP contribution in [0.3, 0.4) is 0 Å². The van der Waals surface area contributed by atoms with Gasteiger partial charge >= 0.3 is 5.97 Å². The first-order chi connectivity index (χ1) is 9.23. The van der Waals surface area contributed by atoms with Crippen LogP contribution in [-0.2, 0) is 16.8 Å². The summed E-state index contributed by atoms with van der Waals surface area (Å²) in [6.07, 6.45) is 2.78. The van der Waals surface area contributed by atoms with E-state index in [2.05, 4.69) is 36.0 Å². The van der Waals surface area contributed by atoms with Gasteiger partial charge in [0.1, 0.15) is 5.54 Å². The van der Waals surface area contributed by atoms with Crippen molar-refractivity contribution in [1.82, 2.24) is 9.88 Å². The summed E-state index contributed by atoms with van der Waals surface area (Å²) in [5.74, 6) is -0.719. The molecule has 0 radical (unpaired) electrons. The highest BCUT2D eigenvalue weighted by Crippen LogP contribution is 2.31. The van der Waals surface area contributed by atoms with Gasteiger partial charge in [-0.15, -0.1) is 11.3 Å². The van der Waals surface area contributed by atoms with Crippen molar-refractivity contribution in [3.05, 3.63) is 16.1 Å². The van der Waals surface area contributed by atoms with Gasteiger partial charge in [-0.2, -0.15) is 0 Å². The molecule has 0 bridgehead atoms. The van der Waals surface area contributed by atoms with E-state index in [9.17, 15) is 9.90 Å². The molecule has 0 saturated carbocycles. The van der Waals surface area contributed by atoms with Crippen LogP contribution in [0, 0.1) is 0 Å². The summed E-state index contributed by atoms with van der Waals surface area (Å²) in [6, 6.07) is 0. The average Bonchev–Trinajstić information content (AvgIpc) is 2.80. The van der Waals surface area contributed by atoms with Crippen molar-refractivity contribution in [2.45, 2.75) is 64.5 Å². The fraction of sp³-hybridized carbons (Fsp3) is 0.733. The van der Waals surface area contributed by atoms with Gasteiger partial charge < -0.3 is 5.11 Å². The van der Waals surface area contributed by atoms with Gasteiger partial charge in [-0.25, -0.2) is 4.98 Å². The third kappa shape index (κ3) is 3.04. The number of carbonyl (C=O) groups is 1. The second kappa shape index (κ2) is 5.45. The molecule has 4 nitrogen and oxygen atoms in total. The second-order valence-electron chi connectivity index (χ2n) is 6.85. The van der Waals surface area contributed by atoms with E-state index in [1.165, 1.54) is 0 Å². The highest BCUT2D eigenvalue weighted by Gasteiger charge is 2.41. The average molecular weight is 296 g/mol. The third-order valence-electron chi connectivity index (χ3n) is 4.05. The van der Waals surface area contributed by atoms with Crippen LogP contribution in [0.4, 0.5) is 0 Å². The number of hydrogen-bond donors (Lipinski definition) is 1. The summed E-state index contributed by atoms with van der Waals surface area (Å²) in [6.45, 7) is 9.76. The maximum Gasteiger partial charge on any atom is 0.323 e. The number of carboxylic acids is 1. The topological polar surface area (TPSA) is 53.4 Å². The van der Waals surface area contributed by atoms with Gasteiger partial charge in [-0.1, -0.05) is 20.8 Å². The molecule has 0 amide bonds. The summed E-state index contributed by atoms with van der Waals surface area (Å²) < 4.78 is 0. The number of rotatable bonds is 3. The van der Waals surface area contributed by atoms with Crippen LogP contribution in [0.5, 0.6) is 0 Å². The van der Waals surface area contributed by atoms with Crippen molar-refractivity contribution in [3.8, 4) is 0 Å². The molecule has 1 unspecified atom stereocenters. The number of aliphatic carboxylic acids is 1. The Morgan fingerprint density at radius 1 is 1.50 bits per heavy atom. The molecule has 20 heavy (non-hydrogen) atoms. The zero-order chi connectivity index (χ0) is 15.0. The maximum atomic E-state index is 11.6. The molecule has 2 heterocycles. The number of carboxylic acid groups (broad SMARTS) is 1. The number of nitrogens with zero attached hydrogens (tertiary/aromatic N) is 2. The minimum absolute atomic E-state index is 0.0565. The van der Waals surface area contributed by atoms with Crippen LogP contribution in [0.15, 0.2) is 5.38 Å². The van der Waals surface area contributed by atoms with Gasteiger partial charge in [0.25, 0.3) is 0 Å². The van der Waals surface area contributed by atoms with Crippen LogP contribution < -0.4 is 0 Å². The molecule has 1 aliphatic rings. The van der Waals surface area contributed by atoms with Crippen LogP contribution in [-0.4, -0.2) is 33.0 Å². The Morgan fingerprint density at radius 3 is 2.75 bits per heavy atom. The van der Waals surface area contributed by atoms with Crippen LogP contribution in [0.1, 0.15) is 57.7 Å². The first-order valence-electron chi connectivity index (χ1n) is 7.17. The lowest BCUT2D eigenvalue weighted by Crippen LogP contribution is -2.54. The quantitative estimate of drug-likeness (QED) is 0.930. The zero-order valence-corrected chi connectivity index (χ0v) is 13.6. The van der Waals surface area contributed by atoms with Crippen LogP contribution >= 0.6 is 11.3 Å². The van der Waals surface area contributed by atoms with E-state index in [1.54, 1.807) is 11.3 Å². The highest BCUT2D eigenvalue weighted by atomic mass is 32.1. The van der Waals surface area contributed by atoms with Crippen molar-refractivity contribution in [3.63, 3.8) is 0 Å². The first-order valence-corrected chi connectivity index (χ1v) is 8.05. The Bertz CT molecular complexity index is 492. The summed E-state index contributed by atoms with van der Waals surface area (Å²) in [5.41, 5.74) is 0.305. The maximum absolute atomic E-state index is 11.6. The van der Waals surface area contributed by atoms with E-state index < -0.39 is 11.5 Å². The van der Waals surface area contributed by atoms with Gasteiger partial charge in [0.15, 0.2) is 0 Å². The number of likely N-dealkylation sites (tertiary alicyclic amines) is 1. The van der Waals surface area contributed by atoms with E-state index in [0.717, 1.165) is 36.5 Å². The fourth-order valence-corrected chi connectivity index (χ4v) is 3.49. The molecule has 1 aromatic heterocycles. The smallest absolute Gasteiger partial charge is 0.323 e. The van der Waals surface area contributed by atoms with Gasteiger partial charge in [0, 0.05) is 17.3 Å². The van der Waals surface area contributed by atoms with Crippen molar-refractivity contribution < 1.29 is 9.90 Å². The number of hydrogen-bond acceptors (Lipinski definition) is 4. The number of thiazole rings is 1. The van der Waals surface area contributed by atoms with Gasteiger partial charge in [0.2, 0.25) is 0 Å². The molecule has 112 valence electrons. The molecule has 1 N–H and O–H groups in total. The van der Waals surface area contributed by atoms with Crippen LogP contribution in [0.25, 0.3) is 0 Å². The first kappa shape index (κ1) is 15.4. The highest BCUT2D eigenvalue weighted by molar-refractivity contribution is 7.09. The lowest BCUT2D eigenvalue weighted by Gasteiger charge is -2.41. The van der Waals surface area contributed by atoms with E-state index >= 15 is 0 Å². The van der Waals surface area contributed by atoms with E-state index in [0.29, 0.717) is 6.54 Å². The van der Waals surface area contributed by atoms with Crippen molar-refractivity contribution >= 4 is 17.3 Å². The molecule has 1 aromatic rings. The zero-order valence-electron chi connectivity index (χ0n) is 12.8. The predicted molar refractivity (Wildman–Crippen MR) is 81.1 cm³/mol. The Morgan fingerprint density at radius 2 is 2.20 bits per heavy atom. The molecular formula is C15H24N2O2S. The minimum atomic E-state index is -0.746. The molecule has 2 rings (SSSR count). The normalized spacial score (nSPS) is 24.8. The van der Waals surface area contributed by atoms with Crippen molar-refractivity contribution in [1.29, 1.82) is 0 Å².